The summed E-state index contributed by atoms with van der Waals surface area (Å²) in [6, 6.07) is 3.11. The molecule has 16 heavy (non-hydrogen) atoms. The van der Waals surface area contributed by atoms with Crippen molar-refractivity contribution in [3.8, 4) is 5.75 Å². The average Bonchev–Trinajstić information content (AvgIpc) is 2.29. The summed E-state index contributed by atoms with van der Waals surface area (Å²) in [5.74, 6) is -0.392. The van der Waals surface area contributed by atoms with Crippen molar-refractivity contribution in [1.82, 2.24) is 4.98 Å². The van der Waals surface area contributed by atoms with Gasteiger partial charge >= 0.3 is 5.97 Å². The van der Waals surface area contributed by atoms with Crippen molar-refractivity contribution in [2.45, 2.75) is 13.3 Å². The van der Waals surface area contributed by atoms with E-state index in [2.05, 4.69) is 9.72 Å². The fourth-order valence-electron chi connectivity index (χ4n) is 1.12. The summed E-state index contributed by atoms with van der Waals surface area (Å²) in [6.07, 6.45) is 1.16. The van der Waals surface area contributed by atoms with E-state index in [0.29, 0.717) is 5.75 Å². The van der Waals surface area contributed by atoms with E-state index in [1.54, 1.807) is 13.0 Å². The number of pyridine rings is 1. The Morgan fingerprint density at radius 3 is 2.81 bits per heavy atom. The molecule has 5 heteroatoms. The van der Waals surface area contributed by atoms with Crippen LogP contribution in [-0.4, -0.2) is 30.5 Å². The van der Waals surface area contributed by atoms with Crippen molar-refractivity contribution in [3.63, 3.8) is 0 Å². The van der Waals surface area contributed by atoms with Gasteiger partial charge in [0.2, 0.25) is 0 Å². The zero-order valence-electron chi connectivity index (χ0n) is 9.23. The van der Waals surface area contributed by atoms with Gasteiger partial charge in [0, 0.05) is 12.3 Å². The topological polar surface area (TPSA) is 65.5 Å². The van der Waals surface area contributed by atoms with E-state index in [4.69, 9.17) is 4.74 Å². The molecule has 0 bridgehead atoms. The van der Waals surface area contributed by atoms with Gasteiger partial charge in [-0.25, -0.2) is 0 Å². The highest BCUT2D eigenvalue weighted by molar-refractivity contribution is 6.04. The standard InChI is InChI=1S/C11H13NO4/c1-3-16-11(14)7-10(13)9-6-8(15-2)4-5-12-9/h4-6H,3,7H2,1-2H3. The Morgan fingerprint density at radius 2 is 2.19 bits per heavy atom. The summed E-state index contributed by atoms with van der Waals surface area (Å²) in [7, 11) is 1.49. The predicted octanol–water partition coefficient (Wildman–Crippen LogP) is 1.23. The molecule has 0 aromatic carbocycles. The van der Waals surface area contributed by atoms with Gasteiger partial charge in [0.25, 0.3) is 0 Å². The summed E-state index contributed by atoms with van der Waals surface area (Å²) >= 11 is 0. The van der Waals surface area contributed by atoms with E-state index in [1.165, 1.54) is 19.4 Å². The van der Waals surface area contributed by atoms with Crippen LogP contribution < -0.4 is 4.74 Å². The van der Waals surface area contributed by atoms with Crippen molar-refractivity contribution in [1.29, 1.82) is 0 Å². The number of ketones is 1. The summed E-state index contributed by atoms with van der Waals surface area (Å²) in [4.78, 5) is 26.5. The van der Waals surface area contributed by atoms with E-state index in [1.807, 2.05) is 0 Å². The van der Waals surface area contributed by atoms with Crippen molar-refractivity contribution < 1.29 is 19.1 Å². The largest absolute Gasteiger partial charge is 0.497 e. The number of hydrogen-bond donors (Lipinski definition) is 0. The van der Waals surface area contributed by atoms with Crippen LogP contribution in [0.5, 0.6) is 5.75 Å². The highest BCUT2D eigenvalue weighted by atomic mass is 16.5. The maximum Gasteiger partial charge on any atom is 0.313 e. The molecular weight excluding hydrogens is 210 g/mol. The molecule has 0 atom stereocenters. The van der Waals surface area contributed by atoms with Crippen molar-refractivity contribution >= 4 is 11.8 Å². The molecule has 86 valence electrons. The number of carbonyl (C=O) groups is 2. The third kappa shape index (κ3) is 3.34. The smallest absolute Gasteiger partial charge is 0.313 e. The molecule has 0 unspecified atom stereocenters. The lowest BCUT2D eigenvalue weighted by Gasteiger charge is -2.03. The Hall–Kier alpha value is -1.91. The van der Waals surface area contributed by atoms with Crippen LogP contribution in [0.2, 0.25) is 0 Å². The summed E-state index contributed by atoms with van der Waals surface area (Å²) < 4.78 is 9.62. The summed E-state index contributed by atoms with van der Waals surface area (Å²) in [5.41, 5.74) is 0.201. The van der Waals surface area contributed by atoms with E-state index in [0.717, 1.165) is 0 Å². The van der Waals surface area contributed by atoms with Gasteiger partial charge in [-0.05, 0) is 13.0 Å². The second-order valence-corrected chi connectivity index (χ2v) is 2.99. The van der Waals surface area contributed by atoms with Crippen LogP contribution in [0, 0.1) is 0 Å². The molecule has 1 aromatic rings. The molecule has 0 N–H and O–H groups in total. The first-order valence-corrected chi connectivity index (χ1v) is 4.86. The number of hydrogen-bond acceptors (Lipinski definition) is 5. The zero-order valence-corrected chi connectivity index (χ0v) is 9.23. The maximum absolute atomic E-state index is 11.6. The lowest BCUT2D eigenvalue weighted by molar-refractivity contribution is -0.141. The van der Waals surface area contributed by atoms with Crippen LogP contribution in [0.3, 0.4) is 0 Å². The molecule has 0 fully saturated rings. The van der Waals surface area contributed by atoms with Gasteiger partial charge < -0.3 is 9.47 Å². The van der Waals surface area contributed by atoms with Gasteiger partial charge in [-0.2, -0.15) is 0 Å². The highest BCUT2D eigenvalue weighted by Crippen LogP contribution is 2.11. The molecule has 0 amide bonds. The molecule has 0 aliphatic heterocycles. The van der Waals surface area contributed by atoms with Crippen molar-refractivity contribution in [2.75, 3.05) is 13.7 Å². The first kappa shape index (κ1) is 12.2. The molecule has 5 nitrogen and oxygen atoms in total. The van der Waals surface area contributed by atoms with Crippen LogP contribution >= 0.6 is 0 Å². The number of nitrogens with zero attached hydrogens (tertiary/aromatic N) is 1. The van der Waals surface area contributed by atoms with Gasteiger partial charge in [0.1, 0.15) is 17.9 Å². The quantitative estimate of drug-likeness (QED) is 0.426. The first-order chi connectivity index (χ1) is 7.67. The van der Waals surface area contributed by atoms with Crippen LogP contribution in [0.25, 0.3) is 0 Å². The maximum atomic E-state index is 11.6. The molecular formula is C11H13NO4. The van der Waals surface area contributed by atoms with Gasteiger partial charge in [-0.15, -0.1) is 0 Å². The summed E-state index contributed by atoms with van der Waals surface area (Å²) in [6.45, 7) is 1.95. The predicted molar refractivity (Wildman–Crippen MR) is 56.4 cm³/mol. The number of aromatic nitrogens is 1. The zero-order chi connectivity index (χ0) is 12.0. The minimum absolute atomic E-state index is 0.201. The minimum atomic E-state index is -0.544. The van der Waals surface area contributed by atoms with Crippen LogP contribution in [-0.2, 0) is 9.53 Å². The molecule has 0 aliphatic rings. The van der Waals surface area contributed by atoms with Gasteiger partial charge in [-0.1, -0.05) is 0 Å². The molecule has 0 saturated carbocycles. The molecule has 0 saturated heterocycles. The van der Waals surface area contributed by atoms with Crippen molar-refractivity contribution in [3.05, 3.63) is 24.0 Å². The third-order valence-corrected chi connectivity index (χ3v) is 1.86. The molecule has 1 heterocycles. The van der Waals surface area contributed by atoms with Gasteiger partial charge in [0.15, 0.2) is 5.78 Å². The number of carbonyl (C=O) groups excluding carboxylic acids is 2. The van der Waals surface area contributed by atoms with Gasteiger partial charge in [0.05, 0.1) is 13.7 Å². The second kappa shape index (κ2) is 5.85. The number of rotatable bonds is 5. The fourth-order valence-corrected chi connectivity index (χ4v) is 1.12. The normalized spacial score (nSPS) is 9.62. The SMILES string of the molecule is CCOC(=O)CC(=O)c1cc(OC)ccn1. The third-order valence-electron chi connectivity index (χ3n) is 1.86. The van der Waals surface area contributed by atoms with E-state index >= 15 is 0 Å². The number of esters is 1. The molecule has 0 spiro atoms. The fraction of sp³-hybridized carbons (Fsp3) is 0.364. The summed E-state index contributed by atoms with van der Waals surface area (Å²) in [5, 5.41) is 0. The molecule has 0 radical (unpaired) electrons. The molecule has 1 aromatic heterocycles. The Kier molecular flexibility index (Phi) is 4.44. The molecule has 1 rings (SSSR count). The number of methoxy groups -OCH3 is 1. The van der Waals surface area contributed by atoms with Gasteiger partial charge in [-0.3, -0.25) is 14.6 Å². The number of ether oxygens (including phenoxy) is 2. The Balaban J connectivity index is 2.69. The van der Waals surface area contributed by atoms with Crippen LogP contribution in [0.15, 0.2) is 18.3 Å². The van der Waals surface area contributed by atoms with Crippen molar-refractivity contribution in [2.24, 2.45) is 0 Å². The lowest BCUT2D eigenvalue weighted by Crippen LogP contribution is -2.12. The lowest BCUT2D eigenvalue weighted by atomic mass is 10.2. The van der Waals surface area contributed by atoms with E-state index < -0.39 is 5.97 Å². The van der Waals surface area contributed by atoms with E-state index in [9.17, 15) is 9.59 Å². The minimum Gasteiger partial charge on any atom is -0.497 e. The Labute approximate surface area is 93.4 Å². The Bertz CT molecular complexity index is 389. The highest BCUT2D eigenvalue weighted by Gasteiger charge is 2.14. The van der Waals surface area contributed by atoms with E-state index in [-0.39, 0.29) is 24.5 Å². The number of Topliss-reactive ketones (excluding diaryl/α,β-unsaturated/α-hetero) is 1. The van der Waals surface area contributed by atoms with Crippen LogP contribution in [0.1, 0.15) is 23.8 Å². The Morgan fingerprint density at radius 1 is 1.44 bits per heavy atom. The molecule has 0 aliphatic carbocycles. The van der Waals surface area contributed by atoms with Crippen LogP contribution in [0.4, 0.5) is 0 Å². The monoisotopic (exact) mass is 223 g/mol. The second-order valence-electron chi connectivity index (χ2n) is 2.99. The first-order valence-electron chi connectivity index (χ1n) is 4.86. The average molecular weight is 223 g/mol.